The number of rotatable bonds is 2. The monoisotopic (exact) mass is 173 g/mol. The lowest BCUT2D eigenvalue weighted by Crippen LogP contribution is -2.25. The van der Waals surface area contributed by atoms with Crippen LogP contribution in [0.25, 0.3) is 0 Å². The van der Waals surface area contributed by atoms with Gasteiger partial charge in [-0.3, -0.25) is 0 Å². The van der Waals surface area contributed by atoms with Crippen molar-refractivity contribution in [3.05, 3.63) is 0 Å². The van der Waals surface area contributed by atoms with E-state index in [1.807, 2.05) is 0 Å². The maximum absolute atomic E-state index is 11.3. The van der Waals surface area contributed by atoms with Gasteiger partial charge in [0.1, 0.15) is 0 Å². The lowest BCUT2D eigenvalue weighted by molar-refractivity contribution is -0.199. The van der Waals surface area contributed by atoms with Crippen LogP contribution in [-0.4, -0.2) is 18.8 Å². The molecule has 0 aliphatic heterocycles. The summed E-state index contributed by atoms with van der Waals surface area (Å²) in [6.45, 7) is 1.43. The minimum Gasteiger partial charge on any atom is -0.459 e. The van der Waals surface area contributed by atoms with E-state index in [1.165, 1.54) is 0 Å². The Balaban J connectivity index is 0. The Bertz CT molecular complexity index is 123. The summed E-state index contributed by atoms with van der Waals surface area (Å²) in [4.78, 5) is 9.88. The van der Waals surface area contributed by atoms with Gasteiger partial charge in [-0.05, 0) is 6.42 Å². The SMILES string of the molecule is CCCOC(=O)C(F)(F)F.N. The lowest BCUT2D eigenvalue weighted by atomic mass is 10.5. The quantitative estimate of drug-likeness (QED) is 0.646. The second kappa shape index (κ2) is 4.95. The highest BCUT2D eigenvalue weighted by Crippen LogP contribution is 2.16. The number of alkyl halides is 3. The van der Waals surface area contributed by atoms with Gasteiger partial charge in [0.05, 0.1) is 6.61 Å². The lowest BCUT2D eigenvalue weighted by Gasteiger charge is -2.04. The molecule has 0 heterocycles. The molecule has 0 saturated heterocycles. The van der Waals surface area contributed by atoms with Crippen LogP contribution in [0, 0.1) is 0 Å². The first-order valence-electron chi connectivity index (χ1n) is 2.72. The molecular formula is C5H10F3NO2. The van der Waals surface area contributed by atoms with Gasteiger partial charge in [-0.25, -0.2) is 4.79 Å². The van der Waals surface area contributed by atoms with Crippen LogP contribution in [0.2, 0.25) is 0 Å². The van der Waals surface area contributed by atoms with Gasteiger partial charge >= 0.3 is 12.1 Å². The molecule has 0 aromatic heterocycles. The second-order valence-corrected chi connectivity index (χ2v) is 1.63. The summed E-state index contributed by atoms with van der Waals surface area (Å²) in [6, 6.07) is 0. The van der Waals surface area contributed by atoms with E-state index >= 15 is 0 Å². The first-order chi connectivity index (χ1) is 4.48. The van der Waals surface area contributed by atoms with Crippen molar-refractivity contribution in [2.24, 2.45) is 0 Å². The molecule has 0 aliphatic rings. The van der Waals surface area contributed by atoms with Crippen LogP contribution in [-0.2, 0) is 9.53 Å². The van der Waals surface area contributed by atoms with E-state index in [0.29, 0.717) is 6.42 Å². The number of carbonyl (C=O) groups excluding carboxylic acids is 1. The molecule has 0 rings (SSSR count). The fourth-order valence-electron chi connectivity index (χ4n) is 0.277. The van der Waals surface area contributed by atoms with Crippen LogP contribution in [0.4, 0.5) is 13.2 Å². The van der Waals surface area contributed by atoms with Crippen molar-refractivity contribution in [3.8, 4) is 0 Å². The summed E-state index contributed by atoms with van der Waals surface area (Å²) in [5.74, 6) is -2.12. The standard InChI is InChI=1S/C5H7F3O2.H3N/c1-2-3-10-4(9)5(6,7)8;/h2-3H2,1H3;1H3. The molecule has 0 saturated carbocycles. The number of halogens is 3. The maximum atomic E-state index is 11.3. The average Bonchev–Trinajstić information content (AvgIpc) is 1.80. The van der Waals surface area contributed by atoms with Crippen molar-refractivity contribution >= 4 is 5.97 Å². The molecule has 0 bridgehead atoms. The number of esters is 1. The molecule has 0 spiro atoms. The van der Waals surface area contributed by atoms with E-state index in [4.69, 9.17) is 0 Å². The van der Waals surface area contributed by atoms with Crippen molar-refractivity contribution < 1.29 is 22.7 Å². The van der Waals surface area contributed by atoms with Gasteiger partial charge in [-0.15, -0.1) is 0 Å². The number of hydrogen-bond acceptors (Lipinski definition) is 3. The van der Waals surface area contributed by atoms with Crippen LogP contribution in [0.15, 0.2) is 0 Å². The van der Waals surface area contributed by atoms with Crippen LogP contribution >= 0.6 is 0 Å². The minimum absolute atomic E-state index is 0. The highest BCUT2D eigenvalue weighted by atomic mass is 19.4. The van der Waals surface area contributed by atoms with E-state index in [9.17, 15) is 18.0 Å². The van der Waals surface area contributed by atoms with Gasteiger partial charge in [-0.2, -0.15) is 13.2 Å². The Morgan fingerprint density at radius 3 is 2.18 bits per heavy atom. The van der Waals surface area contributed by atoms with Crippen LogP contribution in [0.5, 0.6) is 0 Å². The molecule has 3 N–H and O–H groups in total. The summed E-state index contributed by atoms with van der Waals surface area (Å²) in [6.07, 6.45) is -4.46. The van der Waals surface area contributed by atoms with Gasteiger partial charge in [-0.1, -0.05) is 6.92 Å². The third-order valence-electron chi connectivity index (χ3n) is 0.669. The molecule has 0 atom stereocenters. The van der Waals surface area contributed by atoms with Crippen molar-refractivity contribution in [2.75, 3.05) is 6.61 Å². The van der Waals surface area contributed by atoms with E-state index in [0.717, 1.165) is 0 Å². The van der Waals surface area contributed by atoms with E-state index < -0.39 is 12.1 Å². The molecule has 0 aromatic carbocycles. The van der Waals surface area contributed by atoms with Gasteiger partial charge < -0.3 is 10.9 Å². The zero-order valence-corrected chi connectivity index (χ0v) is 6.07. The predicted octanol–water partition coefficient (Wildman–Crippen LogP) is 1.66. The Labute approximate surface area is 62.1 Å². The Morgan fingerprint density at radius 2 is 1.91 bits per heavy atom. The molecule has 11 heavy (non-hydrogen) atoms. The molecule has 0 radical (unpaired) electrons. The summed E-state index contributed by atoms with van der Waals surface area (Å²) < 4.78 is 37.7. The van der Waals surface area contributed by atoms with Crippen LogP contribution in [0.3, 0.4) is 0 Å². The Morgan fingerprint density at radius 1 is 1.45 bits per heavy atom. The van der Waals surface area contributed by atoms with Gasteiger partial charge in [0.25, 0.3) is 0 Å². The molecule has 6 heteroatoms. The summed E-state index contributed by atoms with van der Waals surface area (Å²) in [5.41, 5.74) is 0. The molecule has 0 aromatic rings. The Hall–Kier alpha value is -0.780. The van der Waals surface area contributed by atoms with Crippen LogP contribution < -0.4 is 6.15 Å². The van der Waals surface area contributed by atoms with Crippen LogP contribution in [0.1, 0.15) is 13.3 Å². The molecule has 0 fully saturated rings. The van der Waals surface area contributed by atoms with E-state index in [1.54, 1.807) is 6.92 Å². The number of carbonyl (C=O) groups is 1. The molecule has 0 amide bonds. The molecule has 0 aliphatic carbocycles. The maximum Gasteiger partial charge on any atom is 0.490 e. The van der Waals surface area contributed by atoms with Crippen molar-refractivity contribution in [3.63, 3.8) is 0 Å². The summed E-state index contributed by atoms with van der Waals surface area (Å²) in [7, 11) is 0. The fourth-order valence-corrected chi connectivity index (χ4v) is 0.277. The van der Waals surface area contributed by atoms with Gasteiger partial charge in [0, 0.05) is 0 Å². The largest absolute Gasteiger partial charge is 0.490 e. The third-order valence-corrected chi connectivity index (χ3v) is 0.669. The zero-order valence-electron chi connectivity index (χ0n) is 6.07. The predicted molar refractivity (Wildman–Crippen MR) is 32.3 cm³/mol. The highest BCUT2D eigenvalue weighted by molar-refractivity contribution is 5.75. The first-order valence-corrected chi connectivity index (χ1v) is 2.72. The fraction of sp³-hybridized carbons (Fsp3) is 0.800. The third kappa shape index (κ3) is 5.65. The number of ether oxygens (including phenoxy) is 1. The molecule has 3 nitrogen and oxygen atoms in total. The second-order valence-electron chi connectivity index (χ2n) is 1.63. The topological polar surface area (TPSA) is 61.3 Å². The highest BCUT2D eigenvalue weighted by Gasteiger charge is 2.40. The number of hydrogen-bond donors (Lipinski definition) is 1. The summed E-state index contributed by atoms with van der Waals surface area (Å²) in [5, 5.41) is 0. The smallest absolute Gasteiger partial charge is 0.459 e. The zero-order chi connectivity index (χ0) is 8.20. The molecule has 68 valence electrons. The van der Waals surface area contributed by atoms with Crippen molar-refractivity contribution in [1.29, 1.82) is 0 Å². The average molecular weight is 173 g/mol. The van der Waals surface area contributed by atoms with Crippen molar-refractivity contribution in [2.45, 2.75) is 19.5 Å². The van der Waals surface area contributed by atoms with E-state index in [2.05, 4.69) is 4.74 Å². The van der Waals surface area contributed by atoms with E-state index in [-0.39, 0.29) is 12.8 Å². The van der Waals surface area contributed by atoms with Gasteiger partial charge in [0.15, 0.2) is 0 Å². The minimum atomic E-state index is -4.85. The molecular weight excluding hydrogens is 163 g/mol. The first kappa shape index (κ1) is 12.9. The molecule has 0 unspecified atom stereocenters. The van der Waals surface area contributed by atoms with Gasteiger partial charge in [0.2, 0.25) is 0 Å². The normalized spacial score (nSPS) is 10.2. The Kier molecular flexibility index (Phi) is 5.78. The summed E-state index contributed by atoms with van der Waals surface area (Å²) >= 11 is 0. The van der Waals surface area contributed by atoms with Crippen molar-refractivity contribution in [1.82, 2.24) is 6.15 Å².